The SMILES string of the molecule is C=CC(=O)N1CCN(I)[C@@H](CC#N)C1. The van der Waals surface area contributed by atoms with Gasteiger partial charge in [0.15, 0.2) is 0 Å². The number of hydrogen-bond donors (Lipinski definition) is 0. The van der Waals surface area contributed by atoms with Crippen molar-refractivity contribution in [3.8, 4) is 6.07 Å². The zero-order chi connectivity index (χ0) is 10.6. The Hall–Kier alpha value is -0.610. The first-order valence-electron chi connectivity index (χ1n) is 4.39. The average Bonchev–Trinajstić information content (AvgIpc) is 2.20. The number of hydrogen-bond acceptors (Lipinski definition) is 3. The van der Waals surface area contributed by atoms with Crippen molar-refractivity contribution in [3.05, 3.63) is 12.7 Å². The van der Waals surface area contributed by atoms with E-state index < -0.39 is 0 Å². The molecule has 1 saturated heterocycles. The molecule has 0 unspecified atom stereocenters. The molecule has 1 atom stereocenters. The second-order valence-corrected chi connectivity index (χ2v) is 4.37. The molecule has 0 bridgehead atoms. The van der Waals surface area contributed by atoms with Gasteiger partial charge >= 0.3 is 0 Å². The Bertz CT molecular complexity index is 274. The minimum absolute atomic E-state index is 0.0440. The standard InChI is InChI=1S/C9H12IN3O/c1-2-9(14)12-5-6-13(10)8(7-12)3-4-11/h2,8H,1,3,5-7H2/t8-/m0/s1. The van der Waals surface area contributed by atoms with E-state index in [4.69, 9.17) is 5.26 Å². The molecule has 0 aromatic rings. The predicted molar refractivity (Wildman–Crippen MR) is 61.5 cm³/mol. The van der Waals surface area contributed by atoms with E-state index >= 15 is 0 Å². The molecule has 1 fully saturated rings. The Labute approximate surface area is 97.7 Å². The van der Waals surface area contributed by atoms with E-state index in [1.807, 2.05) is 0 Å². The molecule has 0 saturated carbocycles. The van der Waals surface area contributed by atoms with Gasteiger partial charge in [0.05, 0.1) is 18.5 Å². The predicted octanol–water partition coefficient (Wildman–Crippen LogP) is 0.949. The number of carbonyl (C=O) groups excluding carboxylic acids is 1. The molecule has 1 aliphatic rings. The van der Waals surface area contributed by atoms with E-state index in [1.165, 1.54) is 6.08 Å². The van der Waals surface area contributed by atoms with Crippen molar-refractivity contribution in [2.75, 3.05) is 19.6 Å². The molecule has 76 valence electrons. The lowest BCUT2D eigenvalue weighted by atomic mass is 10.1. The molecular weight excluding hydrogens is 293 g/mol. The van der Waals surface area contributed by atoms with Crippen LogP contribution in [0, 0.1) is 11.3 Å². The number of halogens is 1. The first-order chi connectivity index (χ1) is 6.69. The second-order valence-electron chi connectivity index (χ2n) is 3.13. The van der Waals surface area contributed by atoms with Crippen LogP contribution in [0.25, 0.3) is 0 Å². The van der Waals surface area contributed by atoms with Crippen molar-refractivity contribution in [3.63, 3.8) is 0 Å². The van der Waals surface area contributed by atoms with Gasteiger partial charge in [-0.25, -0.2) is 3.11 Å². The summed E-state index contributed by atoms with van der Waals surface area (Å²) in [6, 6.07) is 2.29. The fraction of sp³-hybridized carbons (Fsp3) is 0.556. The van der Waals surface area contributed by atoms with E-state index in [0.29, 0.717) is 13.0 Å². The van der Waals surface area contributed by atoms with Crippen LogP contribution in [0.3, 0.4) is 0 Å². The first kappa shape index (κ1) is 11.5. The molecular formula is C9H12IN3O. The summed E-state index contributed by atoms with van der Waals surface area (Å²) in [6.07, 6.45) is 1.79. The maximum Gasteiger partial charge on any atom is 0.246 e. The fourth-order valence-corrected chi connectivity index (χ4v) is 2.02. The van der Waals surface area contributed by atoms with E-state index in [0.717, 1.165) is 13.1 Å². The normalized spacial score (nSPS) is 22.9. The van der Waals surface area contributed by atoms with Gasteiger partial charge in [0, 0.05) is 42.5 Å². The number of amides is 1. The van der Waals surface area contributed by atoms with Crippen LogP contribution in [0.5, 0.6) is 0 Å². The third-order valence-electron chi connectivity index (χ3n) is 2.22. The summed E-state index contributed by atoms with van der Waals surface area (Å²) in [5.74, 6) is -0.0440. The summed E-state index contributed by atoms with van der Waals surface area (Å²) in [4.78, 5) is 13.1. The first-order valence-corrected chi connectivity index (χ1v) is 5.36. The van der Waals surface area contributed by atoms with Gasteiger partial charge in [-0.2, -0.15) is 5.26 Å². The summed E-state index contributed by atoms with van der Waals surface area (Å²) in [5, 5.41) is 8.61. The Morgan fingerprint density at radius 2 is 2.43 bits per heavy atom. The highest BCUT2D eigenvalue weighted by molar-refractivity contribution is 14.1. The summed E-state index contributed by atoms with van der Waals surface area (Å²) >= 11 is 2.21. The summed E-state index contributed by atoms with van der Waals surface area (Å²) < 4.78 is 2.09. The summed E-state index contributed by atoms with van der Waals surface area (Å²) in [6.45, 7) is 5.61. The van der Waals surface area contributed by atoms with Crippen LogP contribution in [0.2, 0.25) is 0 Å². The largest absolute Gasteiger partial charge is 0.336 e. The lowest BCUT2D eigenvalue weighted by molar-refractivity contribution is -0.127. The highest BCUT2D eigenvalue weighted by Crippen LogP contribution is 2.16. The van der Waals surface area contributed by atoms with Gasteiger partial charge in [-0.3, -0.25) is 4.79 Å². The van der Waals surface area contributed by atoms with Gasteiger partial charge in [0.2, 0.25) is 5.91 Å². The molecule has 4 nitrogen and oxygen atoms in total. The van der Waals surface area contributed by atoms with Crippen LogP contribution >= 0.6 is 22.9 Å². The zero-order valence-corrected chi connectivity index (χ0v) is 9.98. The van der Waals surface area contributed by atoms with Crippen molar-refractivity contribution in [2.45, 2.75) is 12.5 Å². The second kappa shape index (κ2) is 5.32. The Balaban J connectivity index is 2.57. The third-order valence-corrected chi connectivity index (χ3v) is 3.49. The van der Waals surface area contributed by atoms with Crippen LogP contribution in [0.1, 0.15) is 6.42 Å². The van der Waals surface area contributed by atoms with Gasteiger partial charge in [0.1, 0.15) is 0 Å². The van der Waals surface area contributed by atoms with Crippen molar-refractivity contribution in [2.24, 2.45) is 0 Å². The average molecular weight is 305 g/mol. The van der Waals surface area contributed by atoms with Crippen molar-refractivity contribution < 1.29 is 4.79 Å². The molecule has 0 aromatic heterocycles. The van der Waals surface area contributed by atoms with Crippen LogP contribution in [-0.4, -0.2) is 39.6 Å². The molecule has 0 aliphatic carbocycles. The fourth-order valence-electron chi connectivity index (χ4n) is 1.43. The molecule has 1 heterocycles. The maximum atomic E-state index is 11.3. The van der Waals surface area contributed by atoms with Crippen LogP contribution in [0.15, 0.2) is 12.7 Å². The van der Waals surface area contributed by atoms with Crippen molar-refractivity contribution in [1.29, 1.82) is 5.26 Å². The number of nitriles is 1. The maximum absolute atomic E-state index is 11.3. The quantitative estimate of drug-likeness (QED) is 0.433. The highest BCUT2D eigenvalue weighted by atomic mass is 127. The number of nitrogens with zero attached hydrogens (tertiary/aromatic N) is 3. The van der Waals surface area contributed by atoms with Gasteiger partial charge < -0.3 is 4.90 Å². The summed E-state index contributed by atoms with van der Waals surface area (Å²) in [5.41, 5.74) is 0. The highest BCUT2D eigenvalue weighted by Gasteiger charge is 2.26. The molecule has 1 aliphatic heterocycles. The van der Waals surface area contributed by atoms with Gasteiger partial charge in [0.25, 0.3) is 0 Å². The number of rotatable bonds is 2. The summed E-state index contributed by atoms with van der Waals surface area (Å²) in [7, 11) is 0. The van der Waals surface area contributed by atoms with Crippen molar-refractivity contribution >= 4 is 28.8 Å². The minimum atomic E-state index is -0.0440. The van der Waals surface area contributed by atoms with Crippen molar-refractivity contribution in [1.82, 2.24) is 8.01 Å². The van der Waals surface area contributed by atoms with Crippen LogP contribution in [0.4, 0.5) is 0 Å². The Kier molecular flexibility index (Phi) is 4.35. The van der Waals surface area contributed by atoms with E-state index in [1.54, 1.807) is 4.90 Å². The van der Waals surface area contributed by atoms with Gasteiger partial charge in [-0.1, -0.05) is 6.58 Å². The zero-order valence-electron chi connectivity index (χ0n) is 7.82. The molecule has 0 aromatic carbocycles. The van der Waals surface area contributed by atoms with Crippen LogP contribution in [-0.2, 0) is 4.79 Å². The molecule has 0 spiro atoms. The van der Waals surface area contributed by atoms with E-state index in [-0.39, 0.29) is 11.9 Å². The topological polar surface area (TPSA) is 47.3 Å². The Morgan fingerprint density at radius 3 is 3.00 bits per heavy atom. The van der Waals surface area contributed by atoms with E-state index in [2.05, 4.69) is 38.6 Å². The number of piperazine rings is 1. The lowest BCUT2D eigenvalue weighted by Gasteiger charge is -2.36. The monoisotopic (exact) mass is 305 g/mol. The molecule has 1 amide bonds. The smallest absolute Gasteiger partial charge is 0.246 e. The van der Waals surface area contributed by atoms with E-state index in [9.17, 15) is 4.79 Å². The third kappa shape index (κ3) is 2.69. The van der Waals surface area contributed by atoms with Gasteiger partial charge in [-0.05, 0) is 6.08 Å². The Morgan fingerprint density at radius 1 is 1.71 bits per heavy atom. The van der Waals surface area contributed by atoms with Crippen LogP contribution < -0.4 is 0 Å². The minimum Gasteiger partial charge on any atom is -0.336 e. The molecule has 5 heteroatoms. The molecule has 1 rings (SSSR count). The molecule has 14 heavy (non-hydrogen) atoms. The molecule has 0 radical (unpaired) electrons. The lowest BCUT2D eigenvalue weighted by Crippen LogP contribution is -2.50. The molecule has 0 N–H and O–H groups in total. The number of carbonyl (C=O) groups is 1. The van der Waals surface area contributed by atoms with Gasteiger partial charge in [-0.15, -0.1) is 0 Å².